The molecule has 1 aliphatic carbocycles. The number of methoxy groups -OCH3 is 1. The molecule has 1 fully saturated rings. The molecule has 2 N–H and O–H groups in total. The number of carbonyl (C=O) groups excluding carboxylic acids is 2. The van der Waals surface area contributed by atoms with Crippen LogP contribution in [0.15, 0.2) is 23.9 Å². The first-order valence-electron chi connectivity index (χ1n) is 24.2. The number of aromatic nitrogens is 3. The molecule has 10 heteroatoms. The van der Waals surface area contributed by atoms with Crippen LogP contribution in [0.2, 0.25) is 0 Å². The number of esters is 2. The Labute approximate surface area is 404 Å². The zero-order valence-corrected chi connectivity index (χ0v) is 42.9. The molecule has 9 nitrogen and oxygen atoms in total. The summed E-state index contributed by atoms with van der Waals surface area (Å²) in [4.78, 5) is 40.9. The summed E-state index contributed by atoms with van der Waals surface area (Å²) in [7, 11) is 1.34. The molecule has 5 heterocycles. The summed E-state index contributed by atoms with van der Waals surface area (Å²) in [6.45, 7) is 26.3. The molecule has 0 aromatic carbocycles. The number of carbonyl (C=O) groups is 2. The van der Waals surface area contributed by atoms with E-state index < -0.39 is 17.9 Å². The van der Waals surface area contributed by atoms with E-state index in [9.17, 15) is 14.7 Å². The first-order chi connectivity index (χ1) is 30.6. The first-order valence-corrected chi connectivity index (χ1v) is 24.2. The van der Waals surface area contributed by atoms with Crippen molar-refractivity contribution in [2.75, 3.05) is 13.7 Å². The maximum atomic E-state index is 13.6. The van der Waals surface area contributed by atoms with Gasteiger partial charge >= 0.3 is 35.0 Å². The van der Waals surface area contributed by atoms with Crippen LogP contribution >= 0.6 is 0 Å². The normalized spacial score (nSPS) is 21.7. The van der Waals surface area contributed by atoms with Gasteiger partial charge in [-0.05, 0) is 106 Å². The van der Waals surface area contributed by atoms with Crippen molar-refractivity contribution in [2.45, 2.75) is 152 Å². The summed E-state index contributed by atoms with van der Waals surface area (Å²) in [5.41, 5.74) is 10.0. The van der Waals surface area contributed by atoms with Crippen LogP contribution in [0.5, 0.6) is 0 Å². The maximum Gasteiger partial charge on any atom is 2.00 e. The van der Waals surface area contributed by atoms with Crippen LogP contribution in [-0.2, 0) is 25.5 Å². The Morgan fingerprint density at radius 1 is 0.892 bits per heavy atom. The van der Waals surface area contributed by atoms with E-state index in [-0.39, 0.29) is 59.6 Å². The predicted octanol–water partition coefficient (Wildman–Crippen LogP) is 9.03. The van der Waals surface area contributed by atoms with Gasteiger partial charge in [0.2, 0.25) is 0 Å². The summed E-state index contributed by atoms with van der Waals surface area (Å²) in [6.07, 6.45) is 22.8. The van der Waals surface area contributed by atoms with Crippen molar-refractivity contribution in [3.8, 4) is 0 Å². The number of rotatable bonds is 20. The standard InChI is InChI=1S/C55H75N4O5.Mg/c1-13-39-35(8)42-28-44-37(10)41(24-25-48(60)64-27-26-34(7)23-17-22-33(6)21-16-20-32(5)19-15-18-31(3)4)52(58-44)50-51(55(62)63-12)54(61)49-38(11)45(59-53(49)50)30-47-40(14-2)36(9)43(57-47)29-46(39)56-42;/h13,26,28-33,37,41,51-52,59,61H,1,14-25,27H2,2-12H3;/q-3;+2/b34-26+,43-29-,44-28-,47-30-;/t32-,33-,37+,41+,51-,52?;/m1./s1. The van der Waals surface area contributed by atoms with Gasteiger partial charge in [0.05, 0.1) is 7.11 Å². The van der Waals surface area contributed by atoms with Crippen molar-refractivity contribution in [2.24, 2.45) is 35.5 Å². The molecule has 8 bridgehead atoms. The van der Waals surface area contributed by atoms with Crippen LogP contribution in [0.4, 0.5) is 0 Å². The molecule has 348 valence electrons. The van der Waals surface area contributed by atoms with Crippen LogP contribution in [0, 0.1) is 56.3 Å². The molecule has 0 spiro atoms. The molecule has 1 saturated heterocycles. The van der Waals surface area contributed by atoms with Gasteiger partial charge in [-0.15, -0.1) is 22.1 Å². The summed E-state index contributed by atoms with van der Waals surface area (Å²) < 4.78 is 11.1. The minimum absolute atomic E-state index is 0. The number of fused-ring (bicyclic) bond motifs is 8. The van der Waals surface area contributed by atoms with Gasteiger partial charge in [-0.2, -0.15) is 5.70 Å². The van der Waals surface area contributed by atoms with Crippen LogP contribution < -0.4 is 31.2 Å². The van der Waals surface area contributed by atoms with Gasteiger partial charge in [0, 0.05) is 22.7 Å². The number of nitrogens with one attached hydrogen (secondary N) is 1. The van der Waals surface area contributed by atoms with Gasteiger partial charge < -0.3 is 34.8 Å². The second-order valence-corrected chi connectivity index (χ2v) is 19.7. The zero-order valence-electron chi connectivity index (χ0n) is 41.5. The first kappa shape index (κ1) is 51.8. The molecule has 0 saturated carbocycles. The third-order valence-corrected chi connectivity index (χ3v) is 14.6. The fourth-order valence-corrected chi connectivity index (χ4v) is 10.4. The number of aliphatic hydroxyl groups is 1. The van der Waals surface area contributed by atoms with Crippen molar-refractivity contribution < 1.29 is 24.2 Å². The molecule has 1 unspecified atom stereocenters. The second kappa shape index (κ2) is 23.0. The van der Waals surface area contributed by atoms with Crippen LogP contribution in [0.25, 0.3) is 41.0 Å². The van der Waals surface area contributed by atoms with Crippen LogP contribution in [-0.4, -0.2) is 64.8 Å². The van der Waals surface area contributed by atoms with E-state index in [2.05, 4.69) is 67.0 Å². The van der Waals surface area contributed by atoms with E-state index in [1.807, 2.05) is 44.2 Å². The largest absolute Gasteiger partial charge is 2.00 e. The number of allylic oxidation sites excluding steroid dienone is 2. The van der Waals surface area contributed by atoms with Crippen molar-refractivity contribution in [1.82, 2.24) is 15.0 Å². The van der Waals surface area contributed by atoms with E-state index >= 15 is 0 Å². The number of hydrogen-bond donors (Lipinski definition) is 2. The topological polar surface area (TPSA) is 131 Å². The second-order valence-electron chi connectivity index (χ2n) is 19.7. The molecule has 2 aliphatic heterocycles. The third kappa shape index (κ3) is 11.7. The smallest absolute Gasteiger partial charge is 0.681 e. The molecule has 6 atom stereocenters. The number of aromatic amines is 1. The molecule has 6 rings (SSSR count). The van der Waals surface area contributed by atoms with Crippen molar-refractivity contribution in [1.29, 1.82) is 0 Å². The number of hydrogen-bond acceptors (Lipinski definition) is 5. The number of H-pyrrole nitrogens is 1. The Hall–Kier alpha value is -4.15. The summed E-state index contributed by atoms with van der Waals surface area (Å²) in [5.74, 6) is 0.125. The molecule has 65 heavy (non-hydrogen) atoms. The molecular formula is C55H75MgN4O5-. The Morgan fingerprint density at radius 2 is 1.57 bits per heavy atom. The molecule has 3 aromatic heterocycles. The van der Waals surface area contributed by atoms with Gasteiger partial charge in [-0.3, -0.25) is 9.59 Å². The van der Waals surface area contributed by atoms with E-state index in [4.69, 9.17) is 24.8 Å². The third-order valence-electron chi connectivity index (χ3n) is 14.6. The Bertz CT molecular complexity index is 2510. The SMILES string of the molecule is C=Cc1c2[n-]c(c1C)/C=C1\[N-]C(C3=c4[nH]c(c(C)c4=C(O)[C@@H]3C(=O)OC)/C=c3\[n-]/c(c(C)c3CC)=C\2)[C@@H](CCC(=O)OC/C=C(\C)CCC[C@H](C)CCC[C@H](C)CCCC(C)C)[C@@H]1C.[Mg+2]. The van der Waals surface area contributed by atoms with Crippen molar-refractivity contribution in [3.05, 3.63) is 95.4 Å². The number of aliphatic hydroxyl groups excluding tert-OH is 1. The van der Waals surface area contributed by atoms with Gasteiger partial charge in [0.25, 0.3) is 0 Å². The Balaban J connectivity index is 0.00000793. The molecule has 3 aliphatic rings. The van der Waals surface area contributed by atoms with Crippen molar-refractivity contribution >= 4 is 70.6 Å². The summed E-state index contributed by atoms with van der Waals surface area (Å²) in [5, 5.41) is 20.2. The predicted molar refractivity (Wildman–Crippen MR) is 267 cm³/mol. The zero-order chi connectivity index (χ0) is 46.4. The number of nitrogens with zero attached hydrogens (tertiary/aromatic N) is 3. The van der Waals surface area contributed by atoms with Gasteiger partial charge in [-0.1, -0.05) is 146 Å². The van der Waals surface area contributed by atoms with Gasteiger partial charge in [0.1, 0.15) is 18.3 Å². The van der Waals surface area contributed by atoms with Crippen LogP contribution in [0.3, 0.4) is 0 Å². The van der Waals surface area contributed by atoms with Gasteiger partial charge in [-0.25, -0.2) is 0 Å². The maximum absolute atomic E-state index is 13.6. The van der Waals surface area contributed by atoms with Crippen LogP contribution in [0.1, 0.15) is 164 Å². The molecular weight excluding hydrogens is 821 g/mol. The Morgan fingerprint density at radius 3 is 2.22 bits per heavy atom. The Kier molecular flexibility index (Phi) is 18.4. The number of ether oxygens (including phenoxy) is 2. The van der Waals surface area contributed by atoms with Crippen molar-refractivity contribution in [3.63, 3.8) is 0 Å². The summed E-state index contributed by atoms with van der Waals surface area (Å²) in [6, 6.07) is -0.541. The van der Waals surface area contributed by atoms with E-state index in [0.29, 0.717) is 22.6 Å². The average molecular weight is 897 g/mol. The minimum atomic E-state index is -1.04. The monoisotopic (exact) mass is 896 g/mol. The average Bonchev–Trinajstić information content (AvgIpc) is 3.99. The summed E-state index contributed by atoms with van der Waals surface area (Å²) >= 11 is 0. The van der Waals surface area contributed by atoms with E-state index in [0.717, 1.165) is 98.3 Å². The minimum Gasteiger partial charge on any atom is -0.681 e. The van der Waals surface area contributed by atoms with E-state index in [1.54, 1.807) is 0 Å². The molecule has 0 radical (unpaired) electrons. The molecule has 0 amide bonds. The quantitative estimate of drug-likeness (QED) is 0.0658. The fourth-order valence-electron chi connectivity index (χ4n) is 10.4. The van der Waals surface area contributed by atoms with E-state index in [1.165, 1.54) is 57.6 Å². The fraction of sp³-hybridized carbons (Fsp3) is 0.564. The molecule has 3 aromatic rings. The van der Waals surface area contributed by atoms with Gasteiger partial charge in [0.15, 0.2) is 0 Å².